The Morgan fingerprint density at radius 1 is 1.44 bits per heavy atom. The normalized spacial score (nSPS) is 26.2. The van der Waals surface area contributed by atoms with E-state index in [1.54, 1.807) is 23.0 Å². The third kappa shape index (κ3) is 3.41. The van der Waals surface area contributed by atoms with Crippen LogP contribution < -0.4 is 0 Å². The van der Waals surface area contributed by atoms with Gasteiger partial charge in [-0.3, -0.25) is 9.88 Å². The molecule has 2 saturated heterocycles. The van der Waals surface area contributed by atoms with E-state index in [2.05, 4.69) is 4.98 Å². The lowest BCUT2D eigenvalue weighted by molar-refractivity contribution is -0.0163. The number of pyridine rings is 1. The molecule has 2 aliphatic rings. The highest BCUT2D eigenvalue weighted by Gasteiger charge is 2.57. The molecular weight excluding hydrogens is 322 g/mol. The number of carbonyl (C=O) groups is 2. The fraction of sp³-hybridized carbons (Fsp3) is 0.611. The van der Waals surface area contributed by atoms with Crippen LogP contribution in [-0.2, 0) is 15.9 Å². The summed E-state index contributed by atoms with van der Waals surface area (Å²) in [5, 5.41) is 0. The van der Waals surface area contributed by atoms with Gasteiger partial charge in [-0.2, -0.15) is 0 Å². The van der Waals surface area contributed by atoms with E-state index in [1.165, 1.54) is 0 Å². The SMILES string of the molecule is CN1C(=O)OC2CCN(C(=O)OC(C)(C)C)CC21Cc1ccccn1. The van der Waals surface area contributed by atoms with Crippen LogP contribution in [0.4, 0.5) is 9.59 Å². The first kappa shape index (κ1) is 17.5. The molecule has 0 spiro atoms. The molecule has 2 atom stereocenters. The number of ether oxygens (including phenoxy) is 2. The number of fused-ring (bicyclic) bond motifs is 1. The zero-order valence-corrected chi connectivity index (χ0v) is 15.2. The summed E-state index contributed by atoms with van der Waals surface area (Å²) in [7, 11) is 1.73. The molecule has 3 heterocycles. The molecular formula is C18H25N3O4. The summed E-state index contributed by atoms with van der Waals surface area (Å²) >= 11 is 0. The summed E-state index contributed by atoms with van der Waals surface area (Å²) in [5.74, 6) is 0. The molecule has 2 amide bonds. The Bertz CT molecular complexity index is 658. The first-order valence-corrected chi connectivity index (χ1v) is 8.53. The average molecular weight is 347 g/mol. The Labute approximate surface area is 147 Å². The van der Waals surface area contributed by atoms with Crippen molar-refractivity contribution in [2.75, 3.05) is 20.1 Å². The van der Waals surface area contributed by atoms with Crippen molar-refractivity contribution in [3.8, 4) is 0 Å². The molecule has 0 N–H and O–H groups in total. The molecule has 2 aliphatic heterocycles. The minimum Gasteiger partial charge on any atom is -0.444 e. The van der Waals surface area contributed by atoms with E-state index < -0.39 is 11.1 Å². The summed E-state index contributed by atoms with van der Waals surface area (Å²) in [6.07, 6.45) is 1.87. The Kier molecular flexibility index (Phi) is 4.34. The maximum absolute atomic E-state index is 12.5. The number of amides is 2. The molecule has 1 aromatic heterocycles. The largest absolute Gasteiger partial charge is 0.444 e. The number of likely N-dealkylation sites (N-methyl/N-ethyl adjacent to an activating group) is 1. The van der Waals surface area contributed by atoms with Crippen LogP contribution in [0.15, 0.2) is 24.4 Å². The number of likely N-dealkylation sites (tertiary alicyclic amines) is 1. The van der Waals surface area contributed by atoms with Crippen molar-refractivity contribution in [3.05, 3.63) is 30.1 Å². The number of hydrogen-bond acceptors (Lipinski definition) is 5. The summed E-state index contributed by atoms with van der Waals surface area (Å²) < 4.78 is 11.1. The summed E-state index contributed by atoms with van der Waals surface area (Å²) in [5.41, 5.74) is -0.319. The molecule has 1 aromatic rings. The van der Waals surface area contributed by atoms with Gasteiger partial charge >= 0.3 is 12.2 Å². The number of nitrogens with zero attached hydrogens (tertiary/aromatic N) is 3. The van der Waals surface area contributed by atoms with Gasteiger partial charge in [-0.25, -0.2) is 9.59 Å². The molecule has 0 bridgehead atoms. The van der Waals surface area contributed by atoms with Gasteiger partial charge in [-0.15, -0.1) is 0 Å². The van der Waals surface area contributed by atoms with Crippen LogP contribution in [0.2, 0.25) is 0 Å². The lowest BCUT2D eigenvalue weighted by Crippen LogP contribution is -2.63. The molecule has 3 rings (SSSR count). The van der Waals surface area contributed by atoms with Crippen molar-refractivity contribution in [1.82, 2.24) is 14.8 Å². The van der Waals surface area contributed by atoms with Crippen molar-refractivity contribution in [1.29, 1.82) is 0 Å². The molecule has 2 fully saturated rings. The average Bonchev–Trinajstić information content (AvgIpc) is 2.78. The number of carbonyl (C=O) groups excluding carboxylic acids is 2. The monoisotopic (exact) mass is 347 g/mol. The number of rotatable bonds is 2. The van der Waals surface area contributed by atoms with Gasteiger partial charge in [0, 0.05) is 38.3 Å². The maximum Gasteiger partial charge on any atom is 0.410 e. The van der Waals surface area contributed by atoms with E-state index in [0.29, 0.717) is 25.9 Å². The Morgan fingerprint density at radius 2 is 2.20 bits per heavy atom. The number of hydrogen-bond donors (Lipinski definition) is 0. The Hall–Kier alpha value is -2.31. The van der Waals surface area contributed by atoms with Gasteiger partial charge in [0.2, 0.25) is 0 Å². The second kappa shape index (κ2) is 6.20. The molecule has 0 radical (unpaired) electrons. The molecule has 7 nitrogen and oxygen atoms in total. The van der Waals surface area contributed by atoms with Crippen molar-refractivity contribution in [3.63, 3.8) is 0 Å². The van der Waals surface area contributed by atoms with Crippen molar-refractivity contribution in [2.45, 2.75) is 50.9 Å². The molecule has 0 saturated carbocycles. The molecule has 136 valence electrons. The Balaban J connectivity index is 1.86. The van der Waals surface area contributed by atoms with Crippen LogP contribution in [0.1, 0.15) is 32.9 Å². The van der Waals surface area contributed by atoms with Gasteiger partial charge in [-0.05, 0) is 32.9 Å². The first-order valence-electron chi connectivity index (χ1n) is 8.53. The molecule has 0 aromatic carbocycles. The molecule has 0 aliphatic carbocycles. The second-order valence-electron chi connectivity index (χ2n) is 7.72. The maximum atomic E-state index is 12.5. The van der Waals surface area contributed by atoms with Crippen LogP contribution >= 0.6 is 0 Å². The topological polar surface area (TPSA) is 72.0 Å². The van der Waals surface area contributed by atoms with E-state index in [9.17, 15) is 9.59 Å². The van der Waals surface area contributed by atoms with Gasteiger partial charge in [0.15, 0.2) is 0 Å². The quantitative estimate of drug-likeness (QED) is 0.822. The van der Waals surface area contributed by atoms with Gasteiger partial charge in [0.05, 0.1) is 6.54 Å². The Morgan fingerprint density at radius 3 is 2.84 bits per heavy atom. The van der Waals surface area contributed by atoms with E-state index in [0.717, 1.165) is 5.69 Å². The molecule has 25 heavy (non-hydrogen) atoms. The summed E-state index contributed by atoms with van der Waals surface area (Å²) in [6, 6.07) is 5.70. The number of piperidine rings is 1. The van der Waals surface area contributed by atoms with Crippen LogP contribution in [-0.4, -0.2) is 64.4 Å². The molecule has 2 unspecified atom stereocenters. The lowest BCUT2D eigenvalue weighted by Gasteiger charge is -2.45. The summed E-state index contributed by atoms with van der Waals surface area (Å²) in [4.78, 5) is 32.4. The van der Waals surface area contributed by atoms with Crippen molar-refractivity contribution in [2.24, 2.45) is 0 Å². The van der Waals surface area contributed by atoms with Gasteiger partial charge in [0.1, 0.15) is 17.2 Å². The fourth-order valence-electron chi connectivity index (χ4n) is 3.51. The summed E-state index contributed by atoms with van der Waals surface area (Å²) in [6.45, 7) is 6.40. The second-order valence-corrected chi connectivity index (χ2v) is 7.72. The minimum absolute atomic E-state index is 0.259. The number of aromatic nitrogens is 1. The van der Waals surface area contributed by atoms with Crippen LogP contribution in [0.3, 0.4) is 0 Å². The third-order valence-electron chi connectivity index (χ3n) is 4.78. The zero-order valence-electron chi connectivity index (χ0n) is 15.2. The third-order valence-corrected chi connectivity index (χ3v) is 4.78. The fourth-order valence-corrected chi connectivity index (χ4v) is 3.51. The predicted molar refractivity (Wildman–Crippen MR) is 91.1 cm³/mol. The van der Waals surface area contributed by atoms with E-state index in [1.807, 2.05) is 39.0 Å². The van der Waals surface area contributed by atoms with Crippen LogP contribution in [0.25, 0.3) is 0 Å². The van der Waals surface area contributed by atoms with E-state index in [4.69, 9.17) is 9.47 Å². The van der Waals surface area contributed by atoms with Gasteiger partial charge in [-0.1, -0.05) is 6.07 Å². The lowest BCUT2D eigenvalue weighted by atomic mass is 9.81. The molecule has 7 heteroatoms. The van der Waals surface area contributed by atoms with Crippen LogP contribution in [0.5, 0.6) is 0 Å². The van der Waals surface area contributed by atoms with Gasteiger partial charge < -0.3 is 14.4 Å². The highest BCUT2D eigenvalue weighted by Crippen LogP contribution is 2.38. The smallest absolute Gasteiger partial charge is 0.410 e. The first-order chi connectivity index (χ1) is 11.7. The standard InChI is InChI=1S/C18H25N3O4/c1-17(2,3)25-16(23)21-10-8-14-18(12-21,20(4)15(22)24-14)11-13-7-5-6-9-19-13/h5-7,9,14H,8,10-12H2,1-4H3. The minimum atomic E-state index is -0.624. The zero-order chi connectivity index (χ0) is 18.2. The van der Waals surface area contributed by atoms with Crippen molar-refractivity contribution >= 4 is 12.2 Å². The van der Waals surface area contributed by atoms with Crippen molar-refractivity contribution < 1.29 is 19.1 Å². The van der Waals surface area contributed by atoms with Gasteiger partial charge in [0.25, 0.3) is 0 Å². The highest BCUT2D eigenvalue weighted by molar-refractivity contribution is 5.73. The van der Waals surface area contributed by atoms with E-state index >= 15 is 0 Å². The van der Waals surface area contributed by atoms with Crippen LogP contribution in [0, 0.1) is 0 Å². The predicted octanol–water partition coefficient (Wildman–Crippen LogP) is 2.45. The van der Waals surface area contributed by atoms with E-state index in [-0.39, 0.29) is 18.3 Å². The highest BCUT2D eigenvalue weighted by atomic mass is 16.6.